The van der Waals surface area contributed by atoms with Gasteiger partial charge in [-0.2, -0.15) is 0 Å². The van der Waals surface area contributed by atoms with Crippen LogP contribution in [0.15, 0.2) is 24.3 Å². The summed E-state index contributed by atoms with van der Waals surface area (Å²) in [5, 5.41) is 3.41. The van der Waals surface area contributed by atoms with Gasteiger partial charge in [-0.15, -0.1) is 0 Å². The topological polar surface area (TPSA) is 58.1 Å². The Kier molecular flexibility index (Phi) is 5.16. The van der Waals surface area contributed by atoms with Gasteiger partial charge in [0.2, 0.25) is 5.91 Å². The second-order valence-electron chi connectivity index (χ2n) is 7.43. The normalized spacial score (nSPS) is 19.9. The molecule has 1 aromatic carbocycles. The number of nitrogens with one attached hydrogen (secondary N) is 1. The van der Waals surface area contributed by atoms with Crippen molar-refractivity contribution < 1.29 is 9.18 Å². The summed E-state index contributed by atoms with van der Waals surface area (Å²) >= 11 is 0. The molecule has 0 radical (unpaired) electrons. The smallest absolute Gasteiger partial charge is 0.228 e. The van der Waals surface area contributed by atoms with Crippen molar-refractivity contribution in [1.82, 2.24) is 15.3 Å². The van der Waals surface area contributed by atoms with Crippen molar-refractivity contribution in [2.45, 2.75) is 44.9 Å². The number of anilines is 1. The lowest BCUT2D eigenvalue weighted by Gasteiger charge is -2.31. The number of rotatable bonds is 4. The SMILES string of the molecule is Cc1nc([C@H]2CCCNC2)nc2c1CCC(=O)N2CCc1ccc(F)cc1. The fourth-order valence-electron chi connectivity index (χ4n) is 3.98. The highest BCUT2D eigenvalue weighted by molar-refractivity contribution is 5.95. The number of carbonyl (C=O) groups excluding carboxylic acids is 1. The fourth-order valence-corrected chi connectivity index (χ4v) is 3.98. The quantitative estimate of drug-likeness (QED) is 0.902. The molecule has 0 unspecified atom stereocenters. The van der Waals surface area contributed by atoms with Crippen molar-refractivity contribution in [2.75, 3.05) is 24.5 Å². The maximum atomic E-state index is 13.1. The Bertz CT molecular complexity index is 831. The monoisotopic (exact) mass is 368 g/mol. The average molecular weight is 368 g/mol. The Hall–Kier alpha value is -2.34. The van der Waals surface area contributed by atoms with Crippen molar-refractivity contribution in [3.8, 4) is 0 Å². The molecule has 27 heavy (non-hydrogen) atoms. The Labute approximate surface area is 159 Å². The van der Waals surface area contributed by atoms with Gasteiger partial charge < -0.3 is 5.32 Å². The predicted molar refractivity (Wildman–Crippen MR) is 102 cm³/mol. The number of aryl methyl sites for hydroxylation is 1. The number of hydrogen-bond donors (Lipinski definition) is 1. The third-order valence-electron chi connectivity index (χ3n) is 5.55. The van der Waals surface area contributed by atoms with Gasteiger partial charge in [-0.05, 0) is 56.8 Å². The second kappa shape index (κ2) is 7.72. The largest absolute Gasteiger partial charge is 0.316 e. The standard InChI is InChI=1S/C21H25FN4O/c1-14-18-8-9-19(27)26(12-10-15-4-6-17(22)7-5-15)21(18)25-20(24-14)16-3-2-11-23-13-16/h4-7,16,23H,2-3,8-13H2,1H3/t16-/m0/s1. The van der Waals surface area contributed by atoms with Gasteiger partial charge in [-0.3, -0.25) is 9.69 Å². The van der Waals surface area contributed by atoms with Crippen LogP contribution in [0, 0.1) is 12.7 Å². The van der Waals surface area contributed by atoms with E-state index in [0.717, 1.165) is 54.4 Å². The minimum Gasteiger partial charge on any atom is -0.316 e. The Balaban J connectivity index is 1.60. The van der Waals surface area contributed by atoms with Gasteiger partial charge in [0.25, 0.3) is 0 Å². The molecule has 2 aliphatic rings. The number of nitrogens with zero attached hydrogens (tertiary/aromatic N) is 3. The summed E-state index contributed by atoms with van der Waals surface area (Å²) in [6.07, 6.45) is 4.07. The maximum Gasteiger partial charge on any atom is 0.228 e. The van der Waals surface area contributed by atoms with Crippen LogP contribution in [0.3, 0.4) is 0 Å². The lowest BCUT2D eigenvalue weighted by molar-refractivity contribution is -0.118. The summed E-state index contributed by atoms with van der Waals surface area (Å²) in [5.74, 6) is 1.79. The molecule has 2 aliphatic heterocycles. The Morgan fingerprint density at radius 3 is 2.78 bits per heavy atom. The van der Waals surface area contributed by atoms with E-state index < -0.39 is 0 Å². The first-order valence-electron chi connectivity index (χ1n) is 9.75. The molecule has 0 saturated carbocycles. The van der Waals surface area contributed by atoms with Crippen LogP contribution >= 0.6 is 0 Å². The van der Waals surface area contributed by atoms with Crippen molar-refractivity contribution in [2.24, 2.45) is 0 Å². The molecule has 6 heteroatoms. The zero-order valence-electron chi connectivity index (χ0n) is 15.7. The molecule has 1 N–H and O–H groups in total. The van der Waals surface area contributed by atoms with Crippen LogP contribution in [0.25, 0.3) is 0 Å². The minimum absolute atomic E-state index is 0.107. The summed E-state index contributed by atoms with van der Waals surface area (Å²) in [6, 6.07) is 6.47. The highest BCUT2D eigenvalue weighted by Gasteiger charge is 2.29. The minimum atomic E-state index is -0.243. The Morgan fingerprint density at radius 2 is 2.04 bits per heavy atom. The Morgan fingerprint density at radius 1 is 1.22 bits per heavy atom. The molecule has 5 nitrogen and oxygen atoms in total. The number of carbonyl (C=O) groups is 1. The number of amides is 1. The molecule has 1 amide bonds. The van der Waals surface area contributed by atoms with Crippen molar-refractivity contribution in [3.05, 3.63) is 52.7 Å². The first kappa shape index (κ1) is 18.0. The van der Waals surface area contributed by atoms with Gasteiger partial charge in [-0.25, -0.2) is 14.4 Å². The molecule has 1 aromatic heterocycles. The average Bonchev–Trinajstić information content (AvgIpc) is 2.69. The highest BCUT2D eigenvalue weighted by Crippen LogP contribution is 2.31. The first-order chi connectivity index (χ1) is 13.1. The van der Waals surface area contributed by atoms with E-state index in [-0.39, 0.29) is 11.7 Å². The van der Waals surface area contributed by atoms with Crippen molar-refractivity contribution in [3.63, 3.8) is 0 Å². The molecule has 0 aliphatic carbocycles. The van der Waals surface area contributed by atoms with Crippen molar-refractivity contribution in [1.29, 1.82) is 0 Å². The number of piperidine rings is 1. The second-order valence-corrected chi connectivity index (χ2v) is 7.43. The summed E-state index contributed by atoms with van der Waals surface area (Å²) < 4.78 is 13.1. The summed E-state index contributed by atoms with van der Waals surface area (Å²) in [7, 11) is 0. The number of hydrogen-bond acceptors (Lipinski definition) is 4. The van der Waals surface area contributed by atoms with E-state index in [1.165, 1.54) is 12.1 Å². The van der Waals surface area contributed by atoms with E-state index in [1.807, 2.05) is 6.92 Å². The lowest BCUT2D eigenvalue weighted by atomic mass is 9.97. The summed E-state index contributed by atoms with van der Waals surface area (Å²) in [5.41, 5.74) is 3.08. The van der Waals surface area contributed by atoms with Gasteiger partial charge in [0, 0.05) is 36.7 Å². The zero-order valence-corrected chi connectivity index (χ0v) is 15.7. The van der Waals surface area contributed by atoms with Crippen LogP contribution in [0.2, 0.25) is 0 Å². The summed E-state index contributed by atoms with van der Waals surface area (Å²) in [6.45, 7) is 4.51. The van der Waals surface area contributed by atoms with E-state index >= 15 is 0 Å². The van der Waals surface area contributed by atoms with Crippen LogP contribution in [0.4, 0.5) is 10.2 Å². The van der Waals surface area contributed by atoms with E-state index in [2.05, 4.69) is 5.32 Å². The van der Waals surface area contributed by atoms with E-state index in [0.29, 0.717) is 31.7 Å². The molecular weight excluding hydrogens is 343 g/mol. The fraction of sp³-hybridized carbons (Fsp3) is 0.476. The third-order valence-corrected chi connectivity index (χ3v) is 5.55. The summed E-state index contributed by atoms with van der Waals surface area (Å²) in [4.78, 5) is 24.0. The predicted octanol–water partition coefficient (Wildman–Crippen LogP) is 2.91. The molecule has 0 spiro atoms. The molecule has 1 fully saturated rings. The van der Waals surface area contributed by atoms with Crippen LogP contribution in [0.1, 0.15) is 47.8 Å². The number of benzene rings is 1. The molecule has 4 rings (SSSR count). The van der Waals surface area contributed by atoms with Gasteiger partial charge >= 0.3 is 0 Å². The van der Waals surface area contributed by atoms with Gasteiger partial charge in [0.15, 0.2) is 0 Å². The van der Waals surface area contributed by atoms with Gasteiger partial charge in [0.1, 0.15) is 17.5 Å². The number of aromatic nitrogens is 2. The molecular formula is C21H25FN4O. The molecule has 1 saturated heterocycles. The van der Waals surface area contributed by atoms with Crippen LogP contribution < -0.4 is 10.2 Å². The first-order valence-corrected chi connectivity index (χ1v) is 9.75. The van der Waals surface area contributed by atoms with Gasteiger partial charge in [0.05, 0.1) is 0 Å². The van der Waals surface area contributed by atoms with Crippen LogP contribution in [0.5, 0.6) is 0 Å². The molecule has 2 aromatic rings. The van der Waals surface area contributed by atoms with Gasteiger partial charge in [-0.1, -0.05) is 12.1 Å². The maximum absolute atomic E-state index is 13.1. The highest BCUT2D eigenvalue weighted by atomic mass is 19.1. The third kappa shape index (κ3) is 3.86. The van der Waals surface area contributed by atoms with E-state index in [4.69, 9.17) is 9.97 Å². The molecule has 1 atom stereocenters. The number of fused-ring (bicyclic) bond motifs is 1. The van der Waals surface area contributed by atoms with E-state index in [9.17, 15) is 9.18 Å². The van der Waals surface area contributed by atoms with Crippen LogP contribution in [-0.4, -0.2) is 35.5 Å². The van der Waals surface area contributed by atoms with E-state index in [1.54, 1.807) is 17.0 Å². The lowest BCUT2D eigenvalue weighted by Crippen LogP contribution is -2.39. The molecule has 0 bridgehead atoms. The van der Waals surface area contributed by atoms with Crippen molar-refractivity contribution >= 4 is 11.7 Å². The number of halogens is 1. The van der Waals surface area contributed by atoms with Crippen LogP contribution in [-0.2, 0) is 17.6 Å². The molecule has 3 heterocycles. The molecule has 142 valence electrons. The zero-order chi connectivity index (χ0) is 18.8.